The summed E-state index contributed by atoms with van der Waals surface area (Å²) in [6.45, 7) is 2.26. The second-order valence-electron chi connectivity index (χ2n) is 10.3. The van der Waals surface area contributed by atoms with Gasteiger partial charge in [-0.05, 0) is 52.6 Å². The Hall–Kier alpha value is -3.53. The highest BCUT2D eigenvalue weighted by molar-refractivity contribution is 9.10. The number of hydrogen-bond acceptors (Lipinski definition) is 4. The number of hydrogen-bond donors (Lipinski definition) is 1. The van der Waals surface area contributed by atoms with Gasteiger partial charge in [0.15, 0.2) is 0 Å². The summed E-state index contributed by atoms with van der Waals surface area (Å²) in [6.07, 6.45) is 2.03. The van der Waals surface area contributed by atoms with Crippen LogP contribution in [0.2, 0.25) is 0 Å². The molecule has 0 saturated carbocycles. The maximum absolute atomic E-state index is 14.0. The summed E-state index contributed by atoms with van der Waals surface area (Å²) >= 11 is 3.49. The minimum atomic E-state index is -3.98. The highest BCUT2D eigenvalue weighted by Crippen LogP contribution is 2.23. The highest BCUT2D eigenvalue weighted by atomic mass is 79.9. The zero-order valence-corrected chi connectivity index (χ0v) is 26.3. The number of carbonyl (C=O) groups is 2. The Bertz CT molecular complexity index is 1630. The van der Waals surface area contributed by atoms with Crippen molar-refractivity contribution in [1.82, 2.24) is 14.5 Å². The summed E-state index contributed by atoms with van der Waals surface area (Å²) in [7, 11) is -2.59. The molecule has 1 N–H and O–H groups in total. The molecular weight excluding hydrogens is 614 g/mol. The standard InChI is InChI=1S/C33H36BrN3O4S/c1-3-4-19-35-33(39)31(21-25-11-6-5-7-12-25)37(23-26-13-10-16-29(34)20-26)32(38)24-36(2)42(40,41)30-18-17-27-14-8-9-15-28(27)22-30/h5-18,20,22,31H,3-4,19,21,23-24H2,1-2H3,(H,35,39)/t31-/m1/s1. The first-order valence-electron chi connectivity index (χ1n) is 14.0. The molecule has 7 nitrogen and oxygen atoms in total. The topological polar surface area (TPSA) is 86.8 Å². The van der Waals surface area contributed by atoms with Crippen molar-refractivity contribution in [3.63, 3.8) is 0 Å². The number of nitrogens with zero attached hydrogens (tertiary/aromatic N) is 2. The van der Waals surface area contributed by atoms with Crippen LogP contribution in [0.4, 0.5) is 0 Å². The van der Waals surface area contributed by atoms with Crippen molar-refractivity contribution in [2.45, 2.75) is 43.7 Å². The maximum Gasteiger partial charge on any atom is 0.243 e. The van der Waals surface area contributed by atoms with Crippen LogP contribution < -0.4 is 5.32 Å². The Morgan fingerprint density at radius 2 is 1.55 bits per heavy atom. The first-order valence-corrected chi connectivity index (χ1v) is 16.2. The number of benzene rings is 4. The average molecular weight is 651 g/mol. The van der Waals surface area contributed by atoms with E-state index in [2.05, 4.69) is 21.2 Å². The Balaban J connectivity index is 1.66. The molecule has 0 radical (unpaired) electrons. The van der Waals surface area contributed by atoms with Crippen LogP contribution in [0.15, 0.2) is 106 Å². The minimum absolute atomic E-state index is 0.105. The molecule has 0 heterocycles. The van der Waals surface area contributed by atoms with Crippen molar-refractivity contribution < 1.29 is 18.0 Å². The SMILES string of the molecule is CCCCNC(=O)[C@@H](Cc1ccccc1)N(Cc1cccc(Br)c1)C(=O)CN(C)S(=O)(=O)c1ccc2ccccc2c1. The van der Waals surface area contributed by atoms with Crippen molar-refractivity contribution in [2.75, 3.05) is 20.1 Å². The fraction of sp³-hybridized carbons (Fsp3) is 0.273. The third-order valence-electron chi connectivity index (χ3n) is 7.13. The Labute approximate surface area is 256 Å². The second-order valence-corrected chi connectivity index (χ2v) is 13.2. The number of nitrogens with one attached hydrogen (secondary N) is 1. The Morgan fingerprint density at radius 3 is 2.26 bits per heavy atom. The van der Waals surface area contributed by atoms with Gasteiger partial charge in [-0.3, -0.25) is 9.59 Å². The van der Waals surface area contributed by atoms with Crippen LogP contribution in [0.5, 0.6) is 0 Å². The molecule has 0 saturated heterocycles. The largest absolute Gasteiger partial charge is 0.354 e. The van der Waals surface area contributed by atoms with Gasteiger partial charge in [0.1, 0.15) is 6.04 Å². The lowest BCUT2D eigenvalue weighted by Crippen LogP contribution is -2.53. The number of likely N-dealkylation sites (N-methyl/N-ethyl adjacent to an activating group) is 1. The monoisotopic (exact) mass is 649 g/mol. The predicted molar refractivity (Wildman–Crippen MR) is 170 cm³/mol. The normalized spacial score (nSPS) is 12.3. The van der Waals surface area contributed by atoms with Gasteiger partial charge in [-0.15, -0.1) is 0 Å². The van der Waals surface area contributed by atoms with Gasteiger partial charge in [-0.25, -0.2) is 8.42 Å². The number of halogens is 1. The highest BCUT2D eigenvalue weighted by Gasteiger charge is 2.33. The van der Waals surface area contributed by atoms with E-state index in [-0.39, 0.29) is 17.3 Å². The molecule has 2 amide bonds. The van der Waals surface area contributed by atoms with Crippen LogP contribution in [0.1, 0.15) is 30.9 Å². The molecule has 0 aliphatic carbocycles. The zero-order valence-electron chi connectivity index (χ0n) is 23.9. The summed E-state index contributed by atoms with van der Waals surface area (Å²) in [4.78, 5) is 29.2. The first-order chi connectivity index (χ1) is 20.2. The van der Waals surface area contributed by atoms with Crippen LogP contribution >= 0.6 is 15.9 Å². The molecule has 4 aromatic rings. The van der Waals surface area contributed by atoms with E-state index in [1.165, 1.54) is 11.9 Å². The minimum Gasteiger partial charge on any atom is -0.354 e. The van der Waals surface area contributed by atoms with Gasteiger partial charge in [0.2, 0.25) is 21.8 Å². The van der Waals surface area contributed by atoms with Gasteiger partial charge in [-0.2, -0.15) is 4.31 Å². The fourth-order valence-corrected chi connectivity index (χ4v) is 6.37. The van der Waals surface area contributed by atoms with E-state index in [9.17, 15) is 18.0 Å². The molecule has 4 rings (SSSR count). The molecule has 0 bridgehead atoms. The molecule has 1 atom stereocenters. The second kappa shape index (κ2) is 14.6. The molecule has 0 spiro atoms. The fourth-order valence-electron chi connectivity index (χ4n) is 4.77. The van der Waals surface area contributed by atoms with Crippen molar-refractivity contribution in [3.8, 4) is 0 Å². The first kappa shape index (κ1) is 31.4. The number of rotatable bonds is 13. The molecule has 0 aliphatic heterocycles. The van der Waals surface area contributed by atoms with E-state index in [1.807, 2.05) is 85.8 Å². The van der Waals surface area contributed by atoms with E-state index in [0.29, 0.717) is 13.0 Å². The van der Waals surface area contributed by atoms with Gasteiger partial charge in [0.05, 0.1) is 11.4 Å². The molecule has 0 unspecified atom stereocenters. The molecule has 9 heteroatoms. The third kappa shape index (κ3) is 8.06. The summed E-state index contributed by atoms with van der Waals surface area (Å²) < 4.78 is 29.1. The van der Waals surface area contributed by atoms with Crippen molar-refractivity contribution in [2.24, 2.45) is 0 Å². The number of amides is 2. The van der Waals surface area contributed by atoms with Crippen LogP contribution in [-0.4, -0.2) is 55.6 Å². The maximum atomic E-state index is 14.0. The molecular formula is C33H36BrN3O4S. The zero-order chi connectivity index (χ0) is 30.1. The quantitative estimate of drug-likeness (QED) is 0.186. The average Bonchev–Trinajstić information content (AvgIpc) is 2.99. The third-order valence-corrected chi connectivity index (χ3v) is 9.42. The van der Waals surface area contributed by atoms with Crippen LogP contribution in [0, 0.1) is 0 Å². The molecule has 0 aromatic heterocycles. The summed E-state index contributed by atoms with van der Waals surface area (Å²) in [6, 6.07) is 28.7. The molecule has 0 aliphatic rings. The molecule has 4 aromatic carbocycles. The van der Waals surface area contributed by atoms with Crippen molar-refractivity contribution in [3.05, 3.63) is 113 Å². The lowest BCUT2D eigenvalue weighted by Gasteiger charge is -2.32. The van der Waals surface area contributed by atoms with E-state index in [1.54, 1.807) is 18.2 Å². The van der Waals surface area contributed by atoms with Gasteiger partial charge in [0.25, 0.3) is 0 Å². The van der Waals surface area contributed by atoms with Gasteiger partial charge >= 0.3 is 0 Å². The molecule has 42 heavy (non-hydrogen) atoms. The lowest BCUT2D eigenvalue weighted by molar-refractivity contribution is -0.141. The van der Waals surface area contributed by atoms with Crippen LogP contribution in [-0.2, 0) is 32.6 Å². The lowest BCUT2D eigenvalue weighted by atomic mass is 10.0. The van der Waals surface area contributed by atoms with Gasteiger partial charge in [-0.1, -0.05) is 102 Å². The van der Waals surface area contributed by atoms with Crippen molar-refractivity contribution >= 4 is 48.5 Å². The Morgan fingerprint density at radius 1 is 0.857 bits per heavy atom. The number of carbonyl (C=O) groups excluding carboxylic acids is 2. The number of sulfonamides is 1. The van der Waals surface area contributed by atoms with Crippen molar-refractivity contribution in [1.29, 1.82) is 0 Å². The van der Waals surface area contributed by atoms with Gasteiger partial charge < -0.3 is 10.2 Å². The summed E-state index contributed by atoms with van der Waals surface area (Å²) in [5, 5.41) is 4.71. The van der Waals surface area contributed by atoms with E-state index in [0.717, 1.165) is 43.5 Å². The smallest absolute Gasteiger partial charge is 0.243 e. The van der Waals surface area contributed by atoms with E-state index >= 15 is 0 Å². The summed E-state index contributed by atoms with van der Waals surface area (Å²) in [5.74, 6) is -0.732. The van der Waals surface area contributed by atoms with E-state index < -0.39 is 28.5 Å². The molecule has 0 fully saturated rings. The summed E-state index contributed by atoms with van der Waals surface area (Å²) in [5.41, 5.74) is 1.72. The molecule has 220 valence electrons. The van der Waals surface area contributed by atoms with E-state index in [4.69, 9.17) is 0 Å². The number of fused-ring (bicyclic) bond motifs is 1. The Kier molecular flexibility index (Phi) is 10.9. The predicted octanol–water partition coefficient (Wildman–Crippen LogP) is 5.78. The van der Waals surface area contributed by atoms with Gasteiger partial charge in [0, 0.05) is 31.0 Å². The number of unbranched alkanes of at least 4 members (excludes halogenated alkanes) is 1. The van der Waals surface area contributed by atoms with Crippen LogP contribution in [0.25, 0.3) is 10.8 Å². The van der Waals surface area contributed by atoms with Crippen LogP contribution in [0.3, 0.4) is 0 Å².